The maximum absolute atomic E-state index is 14.2. The predicted octanol–water partition coefficient (Wildman–Crippen LogP) is 2.20. The molecule has 1 fully saturated rings. The summed E-state index contributed by atoms with van der Waals surface area (Å²) >= 11 is 9.81. The molecule has 0 amide bonds. The fourth-order valence-electron chi connectivity index (χ4n) is 1.98. The molecule has 19 heteroatoms. The minimum absolute atomic E-state index is 0.00543. The first-order valence-electron chi connectivity index (χ1n) is 6.61. The molecule has 2 heterocycles. The number of aromatic amines is 1. The number of hydrogen-bond donors (Lipinski definition) is 5. The lowest BCUT2D eigenvalue weighted by Crippen LogP contribution is -2.18. The highest BCUT2D eigenvalue weighted by molar-refractivity contribution is 7.72. The van der Waals surface area contributed by atoms with E-state index in [-0.39, 0.29) is 9.41 Å². The number of ether oxygens (including phenoxy) is 1. The zero-order valence-corrected chi connectivity index (χ0v) is 17.0. The summed E-state index contributed by atoms with van der Waals surface area (Å²) in [6, 6.07) is 1.39. The van der Waals surface area contributed by atoms with E-state index in [1.165, 1.54) is 12.3 Å². The highest BCUT2D eigenvalue weighted by atomic mass is 32.1. The fraction of sp³-hybridized carbons (Fsp3) is 0.500. The molecule has 1 aliphatic heterocycles. The number of nitrogens with one attached hydrogen (secondary N) is 1. The molecule has 2 unspecified atom stereocenters. The first-order valence-corrected chi connectivity index (χ1v) is 11.9. The van der Waals surface area contributed by atoms with Gasteiger partial charge < -0.3 is 29.3 Å². The largest absolute Gasteiger partial charge is 0.490 e. The van der Waals surface area contributed by atoms with Crippen molar-refractivity contribution in [2.75, 3.05) is 0 Å². The third kappa shape index (κ3) is 6.98. The number of phosphoric acid groups is 3. The average Bonchev–Trinajstić information content (AvgIpc) is 2.73. The van der Waals surface area contributed by atoms with Crippen LogP contribution in [0.4, 0.5) is 4.39 Å². The summed E-state index contributed by atoms with van der Waals surface area (Å²) in [4.78, 5) is 38.0. The first kappa shape index (κ1) is 23.1. The summed E-state index contributed by atoms with van der Waals surface area (Å²) < 4.78 is 65.7. The van der Waals surface area contributed by atoms with Crippen LogP contribution >= 0.6 is 47.9 Å². The van der Waals surface area contributed by atoms with Crippen LogP contribution in [-0.2, 0) is 31.6 Å². The SMILES string of the molecule is O=P(O)(O)OP(=O)(O)OP(=O)(O)O[C@@H]1C[C@H](F)[C@H](n2ccc(=S)[nH]c2=S)O1. The molecule has 13 nitrogen and oxygen atoms in total. The molecule has 5 N–H and O–H groups in total. The van der Waals surface area contributed by atoms with Gasteiger partial charge in [0.05, 0.1) is 0 Å². The molecular weight excluding hydrogens is 476 g/mol. The predicted molar refractivity (Wildman–Crippen MR) is 88.8 cm³/mol. The highest BCUT2D eigenvalue weighted by Gasteiger charge is 2.45. The topological polar surface area (TPSA) is 190 Å². The molecule has 0 aromatic carbocycles. The van der Waals surface area contributed by atoms with E-state index in [4.69, 9.17) is 43.9 Å². The number of H-pyrrole nitrogens is 1. The molecule has 1 aliphatic rings. The second-order valence-electron chi connectivity index (χ2n) is 4.92. The molecule has 0 radical (unpaired) electrons. The van der Waals surface area contributed by atoms with Crippen molar-refractivity contribution < 1.29 is 55.5 Å². The van der Waals surface area contributed by atoms with Gasteiger partial charge in [0, 0.05) is 12.6 Å². The van der Waals surface area contributed by atoms with E-state index in [9.17, 15) is 23.0 Å². The molecular formula is C8H12FN2O11P3S2. The van der Waals surface area contributed by atoms with Gasteiger partial charge in [0.15, 0.2) is 23.5 Å². The molecule has 1 aromatic rings. The smallest absolute Gasteiger partial charge is 0.325 e. The molecule has 0 aliphatic carbocycles. The number of aromatic nitrogens is 2. The number of halogens is 1. The van der Waals surface area contributed by atoms with Crippen molar-refractivity contribution in [2.45, 2.75) is 25.1 Å². The highest BCUT2D eigenvalue weighted by Crippen LogP contribution is 2.66. The number of phosphoric ester groups is 1. The summed E-state index contributed by atoms with van der Waals surface area (Å²) in [5, 5.41) is 0. The van der Waals surface area contributed by atoms with E-state index in [1.807, 2.05) is 0 Å². The molecule has 154 valence electrons. The van der Waals surface area contributed by atoms with Crippen LogP contribution in [-0.4, -0.2) is 41.6 Å². The molecule has 27 heavy (non-hydrogen) atoms. The lowest BCUT2D eigenvalue weighted by atomic mass is 10.3. The Hall–Kier alpha value is -0.180. The van der Waals surface area contributed by atoms with Crippen LogP contribution in [0.2, 0.25) is 0 Å². The van der Waals surface area contributed by atoms with Crippen molar-refractivity contribution in [1.82, 2.24) is 9.55 Å². The van der Waals surface area contributed by atoms with E-state index >= 15 is 0 Å². The van der Waals surface area contributed by atoms with Crippen LogP contribution in [0.3, 0.4) is 0 Å². The molecule has 2 rings (SSSR count). The van der Waals surface area contributed by atoms with Gasteiger partial charge in [-0.15, -0.1) is 0 Å². The standard InChI is InChI=1S/C8H12FN2O11P3S2/c9-4-3-6(19-7(4)11-2-1-5(26)10-8(11)27)20-24(15,16)22-25(17,18)21-23(12,13)14/h1-2,4,6-7H,3H2,(H,15,16)(H,17,18)(H,10,26,27)(H2,12,13,14)/t4-,6+,7+/m0/s1. The van der Waals surface area contributed by atoms with Crippen molar-refractivity contribution in [3.05, 3.63) is 21.7 Å². The maximum Gasteiger partial charge on any atom is 0.490 e. The molecule has 1 saturated heterocycles. The van der Waals surface area contributed by atoms with Crippen molar-refractivity contribution in [3.63, 3.8) is 0 Å². The van der Waals surface area contributed by atoms with Crippen LogP contribution in [0.1, 0.15) is 12.6 Å². The molecule has 0 spiro atoms. The average molecular weight is 488 g/mol. The quantitative estimate of drug-likeness (QED) is 0.278. The summed E-state index contributed by atoms with van der Waals surface area (Å²) in [6.07, 6.45) is -4.14. The van der Waals surface area contributed by atoms with Crippen LogP contribution in [0.5, 0.6) is 0 Å². The fourth-order valence-corrected chi connectivity index (χ4v) is 5.57. The lowest BCUT2D eigenvalue weighted by molar-refractivity contribution is -0.112. The number of nitrogens with zero attached hydrogens (tertiary/aromatic N) is 1. The Morgan fingerprint density at radius 2 is 1.81 bits per heavy atom. The summed E-state index contributed by atoms with van der Waals surface area (Å²) in [5.74, 6) is 0. The molecule has 5 atom stereocenters. The van der Waals surface area contributed by atoms with Gasteiger partial charge in [-0.05, 0) is 18.3 Å². The van der Waals surface area contributed by atoms with Crippen molar-refractivity contribution in [3.8, 4) is 0 Å². The molecule has 0 saturated carbocycles. The van der Waals surface area contributed by atoms with Gasteiger partial charge in [0.2, 0.25) is 0 Å². The van der Waals surface area contributed by atoms with Crippen LogP contribution < -0.4 is 0 Å². The van der Waals surface area contributed by atoms with E-state index < -0.39 is 48.6 Å². The third-order valence-corrected chi connectivity index (χ3v) is 7.19. The summed E-state index contributed by atoms with van der Waals surface area (Å²) in [5.41, 5.74) is 0. The molecule has 1 aromatic heterocycles. The Morgan fingerprint density at radius 1 is 1.19 bits per heavy atom. The Balaban J connectivity index is 2.08. The maximum atomic E-state index is 14.2. The van der Waals surface area contributed by atoms with Crippen LogP contribution in [0.25, 0.3) is 0 Å². The van der Waals surface area contributed by atoms with Gasteiger partial charge in [-0.25, -0.2) is 18.1 Å². The van der Waals surface area contributed by atoms with E-state index in [0.717, 1.165) is 4.57 Å². The normalized spacial score (nSPS) is 27.8. The zero-order chi connectivity index (χ0) is 20.6. The van der Waals surface area contributed by atoms with Gasteiger partial charge in [-0.3, -0.25) is 9.09 Å². The van der Waals surface area contributed by atoms with Crippen LogP contribution in [0, 0.1) is 9.41 Å². The second kappa shape index (κ2) is 8.28. The third-order valence-electron chi connectivity index (χ3n) is 2.81. The number of alkyl halides is 1. The Morgan fingerprint density at radius 3 is 2.37 bits per heavy atom. The Bertz CT molecular complexity index is 961. The minimum atomic E-state index is -5.68. The summed E-state index contributed by atoms with van der Waals surface area (Å²) in [7, 11) is -16.7. The van der Waals surface area contributed by atoms with Crippen molar-refractivity contribution >= 4 is 47.9 Å². The lowest BCUT2D eigenvalue weighted by Gasteiger charge is -2.20. The number of rotatable bonds is 7. The van der Waals surface area contributed by atoms with E-state index in [1.54, 1.807) is 0 Å². The first-order chi connectivity index (χ1) is 12.2. The second-order valence-corrected chi connectivity index (χ2v) is 10.1. The van der Waals surface area contributed by atoms with E-state index in [0.29, 0.717) is 0 Å². The van der Waals surface area contributed by atoms with E-state index in [2.05, 4.69) is 18.1 Å². The Labute approximate surface area is 160 Å². The van der Waals surface area contributed by atoms with Crippen LogP contribution in [0.15, 0.2) is 12.3 Å². The molecule has 0 bridgehead atoms. The van der Waals surface area contributed by atoms with Crippen molar-refractivity contribution in [1.29, 1.82) is 0 Å². The van der Waals surface area contributed by atoms with Gasteiger partial charge in [0.25, 0.3) is 0 Å². The zero-order valence-electron chi connectivity index (χ0n) is 12.7. The number of hydrogen-bond acceptors (Lipinski definition) is 9. The van der Waals surface area contributed by atoms with Gasteiger partial charge in [-0.2, -0.15) is 8.62 Å². The Kier molecular flexibility index (Phi) is 7.09. The van der Waals surface area contributed by atoms with Gasteiger partial charge in [0.1, 0.15) is 4.64 Å². The summed E-state index contributed by atoms with van der Waals surface area (Å²) in [6.45, 7) is 0. The van der Waals surface area contributed by atoms with Gasteiger partial charge >= 0.3 is 23.5 Å². The van der Waals surface area contributed by atoms with Crippen molar-refractivity contribution in [2.24, 2.45) is 0 Å². The monoisotopic (exact) mass is 488 g/mol. The minimum Gasteiger partial charge on any atom is -0.325 e. The van der Waals surface area contributed by atoms with Gasteiger partial charge in [-0.1, -0.05) is 12.2 Å².